The molecule has 0 aliphatic carbocycles. The van der Waals surface area contributed by atoms with Crippen LogP contribution in [0.5, 0.6) is 5.75 Å². The monoisotopic (exact) mass is 431 g/mol. The second kappa shape index (κ2) is 8.06. The van der Waals surface area contributed by atoms with Crippen LogP contribution in [0.3, 0.4) is 0 Å². The van der Waals surface area contributed by atoms with Crippen molar-refractivity contribution in [3.63, 3.8) is 0 Å². The third-order valence-electron chi connectivity index (χ3n) is 5.17. The van der Waals surface area contributed by atoms with E-state index in [9.17, 15) is 8.42 Å². The Morgan fingerprint density at radius 2 is 1.52 bits per heavy atom. The number of para-hydroxylation sites is 2. The smallest absolute Gasteiger partial charge is 0.272 e. The summed E-state index contributed by atoms with van der Waals surface area (Å²) in [7, 11) is -3.99. The van der Waals surface area contributed by atoms with Crippen molar-refractivity contribution in [2.24, 2.45) is 0 Å². The van der Waals surface area contributed by atoms with Crippen molar-refractivity contribution < 1.29 is 17.9 Å². The molecular weight excluding hydrogens is 410 g/mol. The van der Waals surface area contributed by atoms with Crippen molar-refractivity contribution >= 4 is 32.2 Å². The number of ether oxygens (including phenoxy) is 2. The van der Waals surface area contributed by atoms with Gasteiger partial charge in [0.25, 0.3) is 10.0 Å². The van der Waals surface area contributed by atoms with Gasteiger partial charge in [-0.2, -0.15) is 0 Å². The molecule has 1 aliphatic heterocycles. The van der Waals surface area contributed by atoms with E-state index in [4.69, 9.17) is 9.47 Å². The molecule has 1 unspecified atom stereocenters. The molecule has 1 aliphatic rings. The molecule has 5 nitrogen and oxygen atoms in total. The molecule has 0 amide bonds. The van der Waals surface area contributed by atoms with E-state index in [1.54, 1.807) is 36.4 Å². The molecule has 0 saturated carbocycles. The van der Waals surface area contributed by atoms with Gasteiger partial charge in [0.2, 0.25) is 0 Å². The summed E-state index contributed by atoms with van der Waals surface area (Å²) in [5.41, 5.74) is 1.14. The first-order valence-electron chi connectivity index (χ1n) is 10.1. The number of hydrogen-bond acceptors (Lipinski definition) is 4. The average Bonchev–Trinajstić information content (AvgIpc) is 3.63. The maximum atomic E-state index is 14.1. The highest BCUT2D eigenvalue weighted by molar-refractivity contribution is 7.93. The van der Waals surface area contributed by atoms with E-state index >= 15 is 0 Å². The highest BCUT2D eigenvalue weighted by Gasteiger charge is 2.31. The highest BCUT2D eigenvalue weighted by atomic mass is 32.2. The summed E-state index contributed by atoms with van der Waals surface area (Å²) in [6, 6.07) is 29.3. The number of sulfonamides is 1. The Hall–Kier alpha value is -3.35. The van der Waals surface area contributed by atoms with Gasteiger partial charge in [0.05, 0.1) is 18.0 Å². The highest BCUT2D eigenvalue weighted by Crippen LogP contribution is 2.39. The lowest BCUT2D eigenvalue weighted by molar-refractivity contribution is 0.258. The van der Waals surface area contributed by atoms with Crippen LogP contribution in [0.1, 0.15) is 0 Å². The fraction of sp³-hybridized carbons (Fsp3) is 0.120. The molecule has 0 spiro atoms. The van der Waals surface area contributed by atoms with Gasteiger partial charge in [-0.15, -0.1) is 0 Å². The molecule has 1 saturated heterocycles. The molecule has 1 fully saturated rings. The van der Waals surface area contributed by atoms with Gasteiger partial charge < -0.3 is 9.47 Å². The predicted molar refractivity (Wildman–Crippen MR) is 121 cm³/mol. The molecule has 156 valence electrons. The first-order chi connectivity index (χ1) is 15.1. The van der Waals surface area contributed by atoms with Crippen LogP contribution >= 0.6 is 0 Å². The van der Waals surface area contributed by atoms with Gasteiger partial charge in [0.15, 0.2) is 0 Å². The standard InChI is InChI=1S/C25H21NO4S/c27-31(28,25-16-7-6-15-24(25)30-18-21-17-29-21)26(20-11-2-1-3-12-20)23-14-8-10-19-9-4-5-13-22(19)23/h1-16,21H,17-18H2. The molecule has 4 aromatic carbocycles. The SMILES string of the molecule is O=S(=O)(c1ccccc1OCC1CO1)N(c1ccccc1)c1cccc2ccccc12. The Balaban J connectivity index is 1.69. The topological polar surface area (TPSA) is 59.1 Å². The zero-order chi connectivity index (χ0) is 21.3. The summed E-state index contributed by atoms with van der Waals surface area (Å²) in [6.45, 7) is 0.965. The third kappa shape index (κ3) is 3.87. The first-order valence-corrected chi connectivity index (χ1v) is 11.5. The Kier molecular flexibility index (Phi) is 5.10. The molecular formula is C25H21NO4S. The largest absolute Gasteiger partial charge is 0.489 e. The zero-order valence-electron chi connectivity index (χ0n) is 16.7. The molecule has 5 rings (SSSR count). The normalized spacial score (nSPS) is 15.5. The fourth-order valence-corrected chi connectivity index (χ4v) is 5.23. The lowest BCUT2D eigenvalue weighted by Crippen LogP contribution is -2.27. The van der Waals surface area contributed by atoms with Crippen molar-refractivity contribution in [1.29, 1.82) is 0 Å². The van der Waals surface area contributed by atoms with Gasteiger partial charge >= 0.3 is 0 Å². The zero-order valence-corrected chi connectivity index (χ0v) is 17.5. The van der Waals surface area contributed by atoms with Gasteiger partial charge in [-0.3, -0.25) is 0 Å². The predicted octanol–water partition coefficient (Wildman–Crippen LogP) is 5.14. The average molecular weight is 432 g/mol. The molecule has 0 radical (unpaired) electrons. The summed E-state index contributed by atoms with van der Waals surface area (Å²) >= 11 is 0. The molecule has 0 bridgehead atoms. The summed E-state index contributed by atoms with van der Waals surface area (Å²) in [4.78, 5) is 0.118. The van der Waals surface area contributed by atoms with Crippen LogP contribution in [-0.2, 0) is 14.8 Å². The number of anilines is 2. The van der Waals surface area contributed by atoms with Gasteiger partial charge in [-0.25, -0.2) is 12.7 Å². The number of hydrogen-bond donors (Lipinski definition) is 0. The van der Waals surface area contributed by atoms with Gasteiger partial charge in [0, 0.05) is 5.39 Å². The van der Waals surface area contributed by atoms with E-state index in [2.05, 4.69) is 0 Å². The molecule has 31 heavy (non-hydrogen) atoms. The number of epoxide rings is 1. The van der Waals surface area contributed by atoms with Gasteiger partial charge in [-0.1, -0.05) is 66.7 Å². The van der Waals surface area contributed by atoms with Gasteiger partial charge in [0.1, 0.15) is 23.4 Å². The fourth-order valence-electron chi connectivity index (χ4n) is 3.58. The second-order valence-electron chi connectivity index (χ2n) is 7.32. The lowest BCUT2D eigenvalue weighted by atomic mass is 10.1. The van der Waals surface area contributed by atoms with E-state index in [1.807, 2.05) is 60.7 Å². The van der Waals surface area contributed by atoms with E-state index in [-0.39, 0.29) is 11.0 Å². The van der Waals surface area contributed by atoms with E-state index in [0.717, 1.165) is 10.8 Å². The van der Waals surface area contributed by atoms with E-state index in [0.29, 0.717) is 30.3 Å². The summed E-state index contributed by atoms with van der Waals surface area (Å²) in [5.74, 6) is 0.319. The van der Waals surface area contributed by atoms with Crippen molar-refractivity contribution in [1.82, 2.24) is 0 Å². The summed E-state index contributed by atoms with van der Waals surface area (Å²) in [5, 5.41) is 1.81. The van der Waals surface area contributed by atoms with Crippen molar-refractivity contribution in [3.05, 3.63) is 97.1 Å². The minimum atomic E-state index is -3.99. The molecule has 1 heterocycles. The number of rotatable bonds is 7. The second-order valence-corrected chi connectivity index (χ2v) is 9.07. The quantitative estimate of drug-likeness (QED) is 0.380. The van der Waals surface area contributed by atoms with Gasteiger partial charge in [-0.05, 0) is 35.7 Å². The van der Waals surface area contributed by atoms with Crippen LogP contribution in [0.2, 0.25) is 0 Å². The summed E-state index contributed by atoms with van der Waals surface area (Å²) < 4.78 is 40.6. The van der Waals surface area contributed by atoms with E-state index < -0.39 is 10.0 Å². The van der Waals surface area contributed by atoms with Crippen LogP contribution in [0.15, 0.2) is 102 Å². The van der Waals surface area contributed by atoms with Crippen molar-refractivity contribution in [2.75, 3.05) is 17.5 Å². The van der Waals surface area contributed by atoms with Crippen LogP contribution < -0.4 is 9.04 Å². The molecule has 6 heteroatoms. The summed E-state index contributed by atoms with van der Waals surface area (Å²) in [6.07, 6.45) is 0.0269. The van der Waals surface area contributed by atoms with Crippen LogP contribution in [0.25, 0.3) is 10.8 Å². The number of nitrogens with zero attached hydrogens (tertiary/aromatic N) is 1. The molecule has 0 aromatic heterocycles. The molecule has 4 aromatic rings. The maximum absolute atomic E-state index is 14.1. The van der Waals surface area contributed by atoms with Crippen LogP contribution in [0.4, 0.5) is 11.4 Å². The molecule has 1 atom stereocenters. The van der Waals surface area contributed by atoms with E-state index in [1.165, 1.54) is 4.31 Å². The Labute approximate surface area is 181 Å². The van der Waals surface area contributed by atoms with Crippen LogP contribution in [-0.4, -0.2) is 27.7 Å². The Morgan fingerprint density at radius 3 is 2.32 bits per heavy atom. The minimum absolute atomic E-state index is 0.0269. The number of benzene rings is 4. The number of fused-ring (bicyclic) bond motifs is 1. The lowest BCUT2D eigenvalue weighted by Gasteiger charge is -2.27. The van der Waals surface area contributed by atoms with Crippen LogP contribution in [0, 0.1) is 0 Å². The van der Waals surface area contributed by atoms with Crippen molar-refractivity contribution in [2.45, 2.75) is 11.0 Å². The minimum Gasteiger partial charge on any atom is -0.489 e. The maximum Gasteiger partial charge on any atom is 0.272 e. The molecule has 0 N–H and O–H groups in total. The Morgan fingerprint density at radius 1 is 0.839 bits per heavy atom. The first kappa shape index (κ1) is 19.6. The Bertz CT molecular complexity index is 1310. The van der Waals surface area contributed by atoms with Crippen molar-refractivity contribution in [3.8, 4) is 5.75 Å². The third-order valence-corrected chi connectivity index (χ3v) is 6.95.